The van der Waals surface area contributed by atoms with E-state index in [0.29, 0.717) is 5.02 Å². The number of nitriles is 1. The summed E-state index contributed by atoms with van der Waals surface area (Å²) in [5.41, 5.74) is -1.50. The number of nitrogens with zero attached hydrogens (tertiary/aromatic N) is 3. The van der Waals surface area contributed by atoms with Crippen molar-refractivity contribution in [1.29, 1.82) is 5.26 Å². The predicted octanol–water partition coefficient (Wildman–Crippen LogP) is 1.47. The quantitative estimate of drug-likeness (QED) is 0.747. The summed E-state index contributed by atoms with van der Waals surface area (Å²) in [4.78, 5) is 19.3. The van der Waals surface area contributed by atoms with Gasteiger partial charge in [0.1, 0.15) is 0 Å². The molecule has 0 saturated carbocycles. The number of hydrogen-bond acceptors (Lipinski definition) is 5. The van der Waals surface area contributed by atoms with Crippen molar-refractivity contribution >= 4 is 17.6 Å². The van der Waals surface area contributed by atoms with Gasteiger partial charge in [0.05, 0.1) is 17.7 Å². The zero-order valence-corrected chi connectivity index (χ0v) is 9.65. The molecule has 0 bridgehead atoms. The molecule has 1 heterocycles. The molecule has 0 aliphatic heterocycles. The molecule has 84 valence electrons. The summed E-state index contributed by atoms with van der Waals surface area (Å²) < 4.78 is 4.81. The summed E-state index contributed by atoms with van der Waals surface area (Å²) >= 11 is 5.62. The van der Waals surface area contributed by atoms with E-state index in [2.05, 4.69) is 9.97 Å². The molecule has 5 nitrogen and oxygen atoms in total. The van der Waals surface area contributed by atoms with Gasteiger partial charge in [-0.3, -0.25) is 0 Å². The van der Waals surface area contributed by atoms with Crippen LogP contribution in [0.15, 0.2) is 12.4 Å². The first-order valence-electron chi connectivity index (χ1n) is 4.61. The van der Waals surface area contributed by atoms with Crippen LogP contribution in [0.25, 0.3) is 0 Å². The van der Waals surface area contributed by atoms with Crippen LogP contribution < -0.4 is 0 Å². The summed E-state index contributed by atoms with van der Waals surface area (Å²) in [6.45, 7) is 3.27. The van der Waals surface area contributed by atoms with Crippen LogP contribution in [0.5, 0.6) is 0 Å². The highest BCUT2D eigenvalue weighted by Crippen LogP contribution is 2.21. The molecule has 1 aromatic rings. The van der Waals surface area contributed by atoms with E-state index in [1.165, 1.54) is 19.3 Å². The molecule has 6 heteroatoms. The van der Waals surface area contributed by atoms with Crippen LogP contribution in [0.1, 0.15) is 19.7 Å². The monoisotopic (exact) mass is 239 g/mol. The zero-order valence-electron chi connectivity index (χ0n) is 8.90. The Morgan fingerprint density at radius 1 is 1.62 bits per heavy atom. The van der Waals surface area contributed by atoms with Gasteiger partial charge >= 0.3 is 5.97 Å². The number of carbonyl (C=O) groups excluding carboxylic acids is 1. The van der Waals surface area contributed by atoms with Gasteiger partial charge in [0.15, 0.2) is 5.82 Å². The number of rotatable bonds is 3. The van der Waals surface area contributed by atoms with Crippen molar-refractivity contribution in [2.24, 2.45) is 0 Å². The van der Waals surface area contributed by atoms with Crippen LogP contribution in [-0.4, -0.2) is 22.5 Å². The summed E-state index contributed by atoms with van der Waals surface area (Å²) in [5, 5.41) is 9.38. The van der Waals surface area contributed by atoms with Gasteiger partial charge in [-0.15, -0.1) is 0 Å². The molecule has 0 spiro atoms. The molecular formula is C10H10ClN3O2. The SMILES string of the molecule is CCOC(=O)C(C)(C#N)c1ncc(Cl)cn1. The van der Waals surface area contributed by atoms with E-state index in [1.54, 1.807) is 6.92 Å². The Morgan fingerprint density at radius 2 is 2.19 bits per heavy atom. The molecule has 1 rings (SSSR count). The molecule has 0 aromatic carbocycles. The molecule has 0 aliphatic carbocycles. The Balaban J connectivity index is 3.10. The predicted molar refractivity (Wildman–Crippen MR) is 56.6 cm³/mol. The van der Waals surface area contributed by atoms with Gasteiger partial charge in [0.25, 0.3) is 0 Å². The third-order valence-electron chi connectivity index (χ3n) is 1.97. The molecule has 0 amide bonds. The van der Waals surface area contributed by atoms with Crippen molar-refractivity contribution in [2.75, 3.05) is 6.61 Å². The van der Waals surface area contributed by atoms with Crippen LogP contribution in [-0.2, 0) is 14.9 Å². The van der Waals surface area contributed by atoms with E-state index in [1.807, 2.05) is 6.07 Å². The summed E-state index contributed by atoms with van der Waals surface area (Å²) in [7, 11) is 0. The van der Waals surface area contributed by atoms with E-state index < -0.39 is 11.4 Å². The molecular weight excluding hydrogens is 230 g/mol. The van der Waals surface area contributed by atoms with Gasteiger partial charge in [0.2, 0.25) is 5.41 Å². The van der Waals surface area contributed by atoms with Crippen molar-refractivity contribution in [1.82, 2.24) is 9.97 Å². The minimum absolute atomic E-state index is 0.0813. The van der Waals surface area contributed by atoms with E-state index in [4.69, 9.17) is 21.6 Å². The summed E-state index contributed by atoms with van der Waals surface area (Å²) in [5.74, 6) is -0.585. The van der Waals surface area contributed by atoms with E-state index in [-0.39, 0.29) is 12.4 Å². The molecule has 0 aliphatic rings. The second-order valence-corrected chi connectivity index (χ2v) is 3.62. The fraction of sp³-hybridized carbons (Fsp3) is 0.400. The maximum atomic E-state index is 11.6. The van der Waals surface area contributed by atoms with Crippen LogP contribution in [0.4, 0.5) is 0 Å². The molecule has 1 atom stereocenters. The topological polar surface area (TPSA) is 75.9 Å². The summed E-state index contributed by atoms with van der Waals surface area (Å²) in [6.07, 6.45) is 2.66. The number of hydrogen-bond donors (Lipinski definition) is 0. The number of ether oxygens (including phenoxy) is 1. The number of carbonyl (C=O) groups is 1. The first-order chi connectivity index (χ1) is 7.54. The van der Waals surface area contributed by atoms with Gasteiger partial charge in [-0.25, -0.2) is 14.8 Å². The van der Waals surface area contributed by atoms with Gasteiger partial charge in [-0.05, 0) is 13.8 Å². The van der Waals surface area contributed by atoms with Gasteiger partial charge < -0.3 is 4.74 Å². The van der Waals surface area contributed by atoms with Crippen LogP contribution >= 0.6 is 11.6 Å². The standard InChI is InChI=1S/C10H10ClN3O2/c1-3-16-9(15)10(2,6-12)8-13-4-7(11)5-14-8/h4-5H,3H2,1-2H3. The Hall–Kier alpha value is -1.67. The van der Waals surface area contributed by atoms with Crippen molar-refractivity contribution in [2.45, 2.75) is 19.3 Å². The fourth-order valence-electron chi connectivity index (χ4n) is 1.03. The summed E-state index contributed by atoms with van der Waals surface area (Å²) in [6, 6.07) is 1.86. The second-order valence-electron chi connectivity index (χ2n) is 3.18. The second kappa shape index (κ2) is 4.90. The lowest BCUT2D eigenvalue weighted by molar-refractivity contribution is -0.147. The average molecular weight is 240 g/mol. The molecule has 1 unspecified atom stereocenters. The van der Waals surface area contributed by atoms with E-state index in [0.717, 1.165) is 0 Å². The highest BCUT2D eigenvalue weighted by Gasteiger charge is 2.40. The van der Waals surface area contributed by atoms with E-state index >= 15 is 0 Å². The van der Waals surface area contributed by atoms with Crippen molar-refractivity contribution < 1.29 is 9.53 Å². The lowest BCUT2D eigenvalue weighted by Crippen LogP contribution is -2.34. The Labute approximate surface area is 98.0 Å². The highest BCUT2D eigenvalue weighted by molar-refractivity contribution is 6.30. The van der Waals surface area contributed by atoms with Crippen LogP contribution in [0.3, 0.4) is 0 Å². The van der Waals surface area contributed by atoms with Crippen LogP contribution in [0, 0.1) is 11.3 Å². The number of esters is 1. The average Bonchev–Trinajstić information content (AvgIpc) is 2.29. The van der Waals surface area contributed by atoms with Crippen molar-refractivity contribution in [3.8, 4) is 6.07 Å². The zero-order chi connectivity index (χ0) is 12.2. The number of halogens is 1. The molecule has 1 aromatic heterocycles. The lowest BCUT2D eigenvalue weighted by atomic mass is 9.92. The smallest absolute Gasteiger partial charge is 0.334 e. The Kier molecular flexibility index (Phi) is 3.80. The lowest BCUT2D eigenvalue weighted by Gasteiger charge is -2.17. The minimum Gasteiger partial charge on any atom is -0.464 e. The van der Waals surface area contributed by atoms with Crippen molar-refractivity contribution in [3.05, 3.63) is 23.2 Å². The maximum Gasteiger partial charge on any atom is 0.334 e. The molecule has 16 heavy (non-hydrogen) atoms. The Bertz CT molecular complexity index is 427. The fourth-order valence-corrected chi connectivity index (χ4v) is 1.13. The van der Waals surface area contributed by atoms with Crippen LogP contribution in [0.2, 0.25) is 5.02 Å². The maximum absolute atomic E-state index is 11.6. The van der Waals surface area contributed by atoms with Crippen molar-refractivity contribution in [3.63, 3.8) is 0 Å². The Morgan fingerprint density at radius 3 is 2.62 bits per heavy atom. The number of aromatic nitrogens is 2. The highest BCUT2D eigenvalue weighted by atomic mass is 35.5. The molecule has 0 radical (unpaired) electrons. The van der Waals surface area contributed by atoms with Gasteiger partial charge in [0, 0.05) is 12.4 Å². The first kappa shape index (κ1) is 12.4. The third-order valence-corrected chi connectivity index (χ3v) is 2.17. The largest absolute Gasteiger partial charge is 0.464 e. The first-order valence-corrected chi connectivity index (χ1v) is 4.99. The normalized spacial score (nSPS) is 13.6. The minimum atomic E-state index is -1.50. The molecule has 0 saturated heterocycles. The van der Waals surface area contributed by atoms with Gasteiger partial charge in [-0.2, -0.15) is 5.26 Å². The van der Waals surface area contributed by atoms with E-state index in [9.17, 15) is 4.79 Å². The third kappa shape index (κ3) is 2.28. The molecule has 0 fully saturated rings. The van der Waals surface area contributed by atoms with Gasteiger partial charge in [-0.1, -0.05) is 11.6 Å². The molecule has 0 N–H and O–H groups in total.